The van der Waals surface area contributed by atoms with Crippen molar-refractivity contribution in [3.05, 3.63) is 47.7 Å². The number of benzene rings is 1. The molecule has 1 aromatic carbocycles. The standard InChI is InChI=1S/C21H27NO3/c1-2-3-4-5-6-9-14-24-18-15-20(23)22(16-18)21-13-12-17-10-7-8-11-19(17)25-21/h7-8,10-13,15,21H,2-6,9,14,16H2,1H3. The molecular formula is C21H27NO3. The number of para-hydroxylation sites is 1. The summed E-state index contributed by atoms with van der Waals surface area (Å²) < 4.78 is 11.7. The molecule has 1 unspecified atom stereocenters. The van der Waals surface area contributed by atoms with Crippen LogP contribution in [0.15, 0.2) is 42.2 Å². The molecule has 134 valence electrons. The van der Waals surface area contributed by atoms with E-state index in [9.17, 15) is 4.79 Å². The van der Waals surface area contributed by atoms with Crippen LogP contribution in [0, 0.1) is 0 Å². The molecule has 0 spiro atoms. The third-order valence-corrected chi connectivity index (χ3v) is 4.59. The predicted molar refractivity (Wildman–Crippen MR) is 99.0 cm³/mol. The van der Waals surface area contributed by atoms with Crippen LogP contribution >= 0.6 is 0 Å². The van der Waals surface area contributed by atoms with Gasteiger partial charge in [0.05, 0.1) is 13.2 Å². The second-order valence-corrected chi connectivity index (χ2v) is 6.60. The van der Waals surface area contributed by atoms with Crippen LogP contribution in [0.25, 0.3) is 6.08 Å². The molecule has 0 aromatic heterocycles. The molecule has 0 fully saturated rings. The lowest BCUT2D eigenvalue weighted by Gasteiger charge is -2.29. The highest BCUT2D eigenvalue weighted by molar-refractivity contribution is 5.91. The van der Waals surface area contributed by atoms with Gasteiger partial charge in [0.1, 0.15) is 11.5 Å². The molecule has 2 aliphatic rings. The molecule has 4 nitrogen and oxygen atoms in total. The molecule has 3 rings (SSSR count). The average molecular weight is 341 g/mol. The highest BCUT2D eigenvalue weighted by Gasteiger charge is 2.31. The van der Waals surface area contributed by atoms with Gasteiger partial charge >= 0.3 is 0 Å². The number of unbranched alkanes of at least 4 members (excludes halogenated alkanes) is 5. The van der Waals surface area contributed by atoms with Crippen LogP contribution in [0.1, 0.15) is 51.0 Å². The first-order valence-corrected chi connectivity index (χ1v) is 9.36. The summed E-state index contributed by atoms with van der Waals surface area (Å²) in [5.74, 6) is 1.51. The van der Waals surface area contributed by atoms with Gasteiger partial charge in [-0.25, -0.2) is 0 Å². The maximum Gasteiger partial charge on any atom is 0.253 e. The number of carbonyl (C=O) groups is 1. The zero-order valence-corrected chi connectivity index (χ0v) is 14.9. The van der Waals surface area contributed by atoms with Crippen molar-refractivity contribution in [2.24, 2.45) is 0 Å². The Balaban J connectivity index is 1.43. The van der Waals surface area contributed by atoms with Gasteiger partial charge in [0.25, 0.3) is 5.91 Å². The Labute approximate surface area is 150 Å². The number of carbonyl (C=O) groups excluding carboxylic acids is 1. The zero-order valence-electron chi connectivity index (χ0n) is 14.9. The molecule has 0 bridgehead atoms. The Morgan fingerprint density at radius 1 is 1.16 bits per heavy atom. The van der Waals surface area contributed by atoms with Gasteiger partial charge in [-0.3, -0.25) is 9.69 Å². The highest BCUT2D eigenvalue weighted by Crippen LogP contribution is 2.28. The smallest absolute Gasteiger partial charge is 0.253 e. The summed E-state index contributed by atoms with van der Waals surface area (Å²) in [6.07, 6.45) is 12.5. The first kappa shape index (κ1) is 17.6. The predicted octanol–water partition coefficient (Wildman–Crippen LogP) is 4.52. The Kier molecular flexibility index (Phi) is 6.15. The third kappa shape index (κ3) is 4.65. The lowest BCUT2D eigenvalue weighted by atomic mass is 10.1. The molecule has 0 saturated carbocycles. The van der Waals surface area contributed by atoms with E-state index >= 15 is 0 Å². The molecule has 0 aliphatic carbocycles. The van der Waals surface area contributed by atoms with Gasteiger partial charge in [-0.1, -0.05) is 57.2 Å². The zero-order chi connectivity index (χ0) is 17.5. The largest absolute Gasteiger partial charge is 0.496 e. The highest BCUT2D eigenvalue weighted by atomic mass is 16.5. The van der Waals surface area contributed by atoms with E-state index in [0.717, 1.165) is 23.5 Å². The van der Waals surface area contributed by atoms with E-state index in [1.807, 2.05) is 36.4 Å². The maximum absolute atomic E-state index is 12.3. The SMILES string of the molecule is CCCCCCCCOC1=CC(=O)N(C2C=Cc3ccccc3O2)C1. The van der Waals surface area contributed by atoms with Gasteiger partial charge in [0.2, 0.25) is 0 Å². The van der Waals surface area contributed by atoms with E-state index < -0.39 is 0 Å². The van der Waals surface area contributed by atoms with E-state index in [0.29, 0.717) is 13.2 Å². The van der Waals surface area contributed by atoms with Gasteiger partial charge in [0, 0.05) is 11.6 Å². The van der Waals surface area contributed by atoms with E-state index in [1.54, 1.807) is 11.0 Å². The van der Waals surface area contributed by atoms with Gasteiger partial charge < -0.3 is 9.47 Å². The van der Waals surface area contributed by atoms with Crippen molar-refractivity contribution in [1.82, 2.24) is 4.90 Å². The van der Waals surface area contributed by atoms with Crippen LogP contribution in [-0.2, 0) is 9.53 Å². The van der Waals surface area contributed by atoms with Crippen LogP contribution < -0.4 is 4.74 Å². The quantitative estimate of drug-likeness (QED) is 0.620. The van der Waals surface area contributed by atoms with Gasteiger partial charge in [0.15, 0.2) is 6.23 Å². The van der Waals surface area contributed by atoms with Crippen molar-refractivity contribution in [3.63, 3.8) is 0 Å². The summed E-state index contributed by atoms with van der Waals surface area (Å²) in [4.78, 5) is 14.0. The van der Waals surface area contributed by atoms with Crippen LogP contribution in [0.2, 0.25) is 0 Å². The van der Waals surface area contributed by atoms with Crippen molar-refractivity contribution in [2.75, 3.05) is 13.2 Å². The molecule has 1 atom stereocenters. The lowest BCUT2D eigenvalue weighted by molar-refractivity contribution is -0.130. The molecule has 4 heteroatoms. The number of nitrogens with zero attached hydrogens (tertiary/aromatic N) is 1. The summed E-state index contributed by atoms with van der Waals surface area (Å²) in [7, 11) is 0. The molecule has 25 heavy (non-hydrogen) atoms. The first-order chi connectivity index (χ1) is 12.3. The summed E-state index contributed by atoms with van der Waals surface area (Å²) in [6.45, 7) is 3.39. The minimum absolute atomic E-state index is 0.0491. The van der Waals surface area contributed by atoms with Crippen LogP contribution in [-0.4, -0.2) is 30.2 Å². The molecule has 1 amide bonds. The van der Waals surface area contributed by atoms with Crippen molar-refractivity contribution in [3.8, 4) is 5.75 Å². The van der Waals surface area contributed by atoms with Crippen LogP contribution in [0.3, 0.4) is 0 Å². The van der Waals surface area contributed by atoms with E-state index in [4.69, 9.17) is 9.47 Å². The van der Waals surface area contributed by atoms with Crippen molar-refractivity contribution in [2.45, 2.75) is 51.7 Å². The maximum atomic E-state index is 12.3. The summed E-state index contributed by atoms with van der Waals surface area (Å²) in [6, 6.07) is 7.84. The average Bonchev–Trinajstić information content (AvgIpc) is 3.01. The topological polar surface area (TPSA) is 38.8 Å². The minimum Gasteiger partial charge on any atom is -0.496 e. The number of amides is 1. The van der Waals surface area contributed by atoms with Crippen LogP contribution in [0.5, 0.6) is 5.75 Å². The fourth-order valence-corrected chi connectivity index (χ4v) is 3.15. The third-order valence-electron chi connectivity index (χ3n) is 4.59. The first-order valence-electron chi connectivity index (χ1n) is 9.36. The number of fused-ring (bicyclic) bond motifs is 1. The van der Waals surface area contributed by atoms with Crippen molar-refractivity contribution < 1.29 is 14.3 Å². The fraction of sp³-hybridized carbons (Fsp3) is 0.476. The monoisotopic (exact) mass is 341 g/mol. The van der Waals surface area contributed by atoms with E-state index in [-0.39, 0.29) is 12.1 Å². The number of rotatable bonds is 9. The number of ether oxygens (including phenoxy) is 2. The Bertz CT molecular complexity index is 650. The molecule has 0 radical (unpaired) electrons. The van der Waals surface area contributed by atoms with Gasteiger partial charge in [-0.15, -0.1) is 0 Å². The van der Waals surface area contributed by atoms with Gasteiger partial charge in [-0.2, -0.15) is 0 Å². The Morgan fingerprint density at radius 3 is 2.84 bits per heavy atom. The molecule has 0 N–H and O–H groups in total. The normalized spacial score (nSPS) is 18.8. The Morgan fingerprint density at radius 2 is 1.96 bits per heavy atom. The molecule has 1 aromatic rings. The lowest BCUT2D eigenvalue weighted by Crippen LogP contribution is -2.40. The summed E-state index contributed by atoms with van der Waals surface area (Å²) in [5, 5.41) is 0. The van der Waals surface area contributed by atoms with E-state index in [1.165, 1.54) is 32.1 Å². The second-order valence-electron chi connectivity index (χ2n) is 6.60. The Hall–Kier alpha value is -2.23. The number of hydrogen-bond acceptors (Lipinski definition) is 3. The summed E-state index contributed by atoms with van der Waals surface area (Å²) >= 11 is 0. The molecule has 2 aliphatic heterocycles. The van der Waals surface area contributed by atoms with Gasteiger partial charge in [-0.05, 0) is 24.6 Å². The molecule has 0 saturated heterocycles. The van der Waals surface area contributed by atoms with E-state index in [2.05, 4.69) is 6.92 Å². The fourth-order valence-electron chi connectivity index (χ4n) is 3.15. The van der Waals surface area contributed by atoms with Crippen molar-refractivity contribution in [1.29, 1.82) is 0 Å². The minimum atomic E-state index is -0.367. The summed E-state index contributed by atoms with van der Waals surface area (Å²) in [5.41, 5.74) is 1.04. The second kappa shape index (κ2) is 8.75. The molecular weight excluding hydrogens is 314 g/mol. The van der Waals surface area contributed by atoms with Crippen LogP contribution in [0.4, 0.5) is 0 Å². The number of hydrogen-bond donors (Lipinski definition) is 0. The molecule has 2 heterocycles. The van der Waals surface area contributed by atoms with Crippen molar-refractivity contribution >= 4 is 12.0 Å².